The topological polar surface area (TPSA) is 51.2 Å². The molecule has 1 saturated carbocycles. The van der Waals surface area contributed by atoms with Crippen LogP contribution in [0.15, 0.2) is 24.3 Å². The number of carbonyl (C=O) groups is 1. The summed E-state index contributed by atoms with van der Waals surface area (Å²) < 4.78 is 24.7. The molecular formula is C15H19ClO3S. The van der Waals surface area contributed by atoms with E-state index >= 15 is 0 Å². The lowest BCUT2D eigenvalue weighted by atomic mass is 10.1. The van der Waals surface area contributed by atoms with Crippen molar-refractivity contribution in [1.29, 1.82) is 0 Å². The summed E-state index contributed by atoms with van der Waals surface area (Å²) in [6.45, 7) is 1.48. The fourth-order valence-electron chi connectivity index (χ4n) is 2.69. The normalized spacial score (nSPS) is 18.1. The van der Waals surface area contributed by atoms with Crippen molar-refractivity contribution in [2.24, 2.45) is 5.92 Å². The molecule has 1 aromatic carbocycles. The van der Waals surface area contributed by atoms with Gasteiger partial charge in [-0.05, 0) is 37.8 Å². The molecule has 5 heteroatoms. The first-order valence-electron chi connectivity index (χ1n) is 6.91. The van der Waals surface area contributed by atoms with Gasteiger partial charge in [0.2, 0.25) is 0 Å². The van der Waals surface area contributed by atoms with Gasteiger partial charge in [0.25, 0.3) is 0 Å². The molecule has 1 unspecified atom stereocenters. The van der Waals surface area contributed by atoms with Crippen molar-refractivity contribution in [2.45, 2.75) is 37.9 Å². The first-order valence-corrected chi connectivity index (χ1v) is 9.01. The molecule has 3 nitrogen and oxygen atoms in total. The molecule has 1 aromatic rings. The number of ketones is 1. The Labute approximate surface area is 125 Å². The van der Waals surface area contributed by atoms with E-state index in [1.54, 1.807) is 18.2 Å². The second-order valence-electron chi connectivity index (χ2n) is 5.50. The van der Waals surface area contributed by atoms with E-state index in [0.29, 0.717) is 10.6 Å². The average Bonchev–Trinajstić information content (AvgIpc) is 2.89. The molecular weight excluding hydrogens is 296 g/mol. The zero-order chi connectivity index (χ0) is 14.8. The molecule has 2 rings (SSSR count). The summed E-state index contributed by atoms with van der Waals surface area (Å²) >= 11 is 5.84. The molecule has 0 aliphatic heterocycles. The molecule has 1 fully saturated rings. The molecule has 0 amide bonds. The van der Waals surface area contributed by atoms with Crippen molar-refractivity contribution in [3.05, 3.63) is 34.9 Å². The van der Waals surface area contributed by atoms with E-state index in [2.05, 4.69) is 0 Å². The fourth-order valence-corrected chi connectivity index (χ4v) is 4.62. The summed E-state index contributed by atoms with van der Waals surface area (Å²) in [5.41, 5.74) is 0.361. The van der Waals surface area contributed by atoms with Crippen LogP contribution in [0.5, 0.6) is 0 Å². The van der Waals surface area contributed by atoms with Gasteiger partial charge in [-0.3, -0.25) is 4.79 Å². The molecule has 0 aromatic heterocycles. The number of carbonyl (C=O) groups excluding carboxylic acids is 1. The van der Waals surface area contributed by atoms with Crippen LogP contribution < -0.4 is 0 Å². The molecule has 0 N–H and O–H groups in total. The maximum Gasteiger partial charge on any atom is 0.180 e. The number of halogens is 1. The second kappa shape index (κ2) is 6.27. The van der Waals surface area contributed by atoms with Crippen molar-refractivity contribution in [1.82, 2.24) is 0 Å². The van der Waals surface area contributed by atoms with Crippen LogP contribution in [-0.4, -0.2) is 25.2 Å². The van der Waals surface area contributed by atoms with Crippen LogP contribution in [0, 0.1) is 5.92 Å². The van der Waals surface area contributed by atoms with Gasteiger partial charge in [-0.1, -0.05) is 36.6 Å². The first kappa shape index (κ1) is 15.5. The Morgan fingerprint density at radius 2 is 2.00 bits per heavy atom. The highest BCUT2D eigenvalue weighted by atomic mass is 35.5. The zero-order valence-electron chi connectivity index (χ0n) is 11.5. The van der Waals surface area contributed by atoms with Gasteiger partial charge in [-0.15, -0.1) is 0 Å². The van der Waals surface area contributed by atoms with Gasteiger partial charge in [-0.2, -0.15) is 0 Å². The van der Waals surface area contributed by atoms with Gasteiger partial charge >= 0.3 is 0 Å². The van der Waals surface area contributed by atoms with Gasteiger partial charge in [0, 0.05) is 10.6 Å². The van der Waals surface area contributed by atoms with Crippen LogP contribution in [0.3, 0.4) is 0 Å². The third-order valence-corrected chi connectivity index (χ3v) is 6.42. The van der Waals surface area contributed by atoms with Crippen LogP contribution in [-0.2, 0) is 9.84 Å². The van der Waals surface area contributed by atoms with Crippen LogP contribution in [0.2, 0.25) is 5.02 Å². The van der Waals surface area contributed by atoms with Gasteiger partial charge in [0.15, 0.2) is 15.6 Å². The Kier molecular flexibility index (Phi) is 4.86. The van der Waals surface area contributed by atoms with E-state index in [-0.39, 0.29) is 17.5 Å². The number of Topliss-reactive ketones (excluding diaryl/α,β-unsaturated/α-hetero) is 1. The van der Waals surface area contributed by atoms with Crippen molar-refractivity contribution >= 4 is 27.2 Å². The Balaban J connectivity index is 2.12. The molecule has 110 valence electrons. The molecule has 1 atom stereocenters. The third-order valence-electron chi connectivity index (χ3n) is 3.96. The minimum atomic E-state index is -3.40. The van der Waals surface area contributed by atoms with Crippen molar-refractivity contribution in [3.8, 4) is 0 Å². The van der Waals surface area contributed by atoms with E-state index in [9.17, 15) is 13.2 Å². The van der Waals surface area contributed by atoms with Crippen molar-refractivity contribution in [3.63, 3.8) is 0 Å². The minimum absolute atomic E-state index is 0.125. The molecule has 0 heterocycles. The molecule has 20 heavy (non-hydrogen) atoms. The Morgan fingerprint density at radius 3 is 2.60 bits per heavy atom. The molecule has 1 aliphatic carbocycles. The number of rotatable bonds is 5. The molecule has 0 saturated heterocycles. The van der Waals surface area contributed by atoms with Gasteiger partial charge in [0.05, 0.1) is 5.75 Å². The van der Waals surface area contributed by atoms with Crippen LogP contribution in [0.25, 0.3) is 0 Å². The first-order chi connectivity index (χ1) is 9.40. The SMILES string of the molecule is CC(C(=O)c1cccc(Cl)c1)S(=O)(=O)CC1CCCC1. The lowest BCUT2D eigenvalue weighted by Crippen LogP contribution is -2.31. The number of hydrogen-bond acceptors (Lipinski definition) is 3. The molecule has 0 spiro atoms. The van der Waals surface area contributed by atoms with E-state index in [4.69, 9.17) is 11.6 Å². The quantitative estimate of drug-likeness (QED) is 0.781. The summed E-state index contributed by atoms with van der Waals surface area (Å²) in [6.07, 6.45) is 4.10. The number of sulfone groups is 1. The third kappa shape index (κ3) is 3.61. The highest BCUT2D eigenvalue weighted by Gasteiger charge is 2.32. The van der Waals surface area contributed by atoms with Gasteiger partial charge in [-0.25, -0.2) is 8.42 Å². The highest BCUT2D eigenvalue weighted by Crippen LogP contribution is 2.27. The molecule has 0 bridgehead atoms. The Hall–Kier alpha value is -0.870. The lowest BCUT2D eigenvalue weighted by molar-refractivity contribution is 0.0991. The second-order valence-corrected chi connectivity index (χ2v) is 8.30. The smallest absolute Gasteiger partial charge is 0.180 e. The van der Waals surface area contributed by atoms with Crippen LogP contribution in [0.1, 0.15) is 43.0 Å². The lowest BCUT2D eigenvalue weighted by Gasteiger charge is -2.15. The maximum absolute atomic E-state index is 12.3. The van der Waals surface area contributed by atoms with Crippen molar-refractivity contribution in [2.75, 3.05) is 5.75 Å². The monoisotopic (exact) mass is 314 g/mol. The Morgan fingerprint density at radius 1 is 1.35 bits per heavy atom. The Bertz CT molecular complexity index is 589. The van der Waals surface area contributed by atoms with Gasteiger partial charge < -0.3 is 0 Å². The summed E-state index contributed by atoms with van der Waals surface area (Å²) in [4.78, 5) is 12.3. The predicted octanol–water partition coefficient (Wildman–Crippen LogP) is 3.52. The molecule has 1 aliphatic rings. The summed E-state index contributed by atoms with van der Waals surface area (Å²) in [7, 11) is -3.40. The van der Waals surface area contributed by atoms with E-state index in [0.717, 1.165) is 25.7 Å². The fraction of sp³-hybridized carbons (Fsp3) is 0.533. The zero-order valence-corrected chi connectivity index (χ0v) is 13.1. The van der Waals surface area contributed by atoms with E-state index in [1.165, 1.54) is 13.0 Å². The number of benzene rings is 1. The maximum atomic E-state index is 12.3. The minimum Gasteiger partial charge on any atom is -0.293 e. The number of hydrogen-bond donors (Lipinski definition) is 0. The van der Waals surface area contributed by atoms with Crippen LogP contribution >= 0.6 is 11.6 Å². The summed E-state index contributed by atoms with van der Waals surface area (Å²) in [5.74, 6) is -0.0272. The summed E-state index contributed by atoms with van der Waals surface area (Å²) in [5, 5.41) is -0.558. The standard InChI is InChI=1S/C15H19ClO3S/c1-11(15(17)13-7-4-8-14(16)9-13)20(18,19)10-12-5-2-3-6-12/h4,7-9,11-12H,2-3,5-6,10H2,1H3. The molecule has 0 radical (unpaired) electrons. The predicted molar refractivity (Wildman–Crippen MR) is 81.0 cm³/mol. The van der Waals surface area contributed by atoms with E-state index < -0.39 is 15.1 Å². The van der Waals surface area contributed by atoms with Crippen molar-refractivity contribution < 1.29 is 13.2 Å². The van der Waals surface area contributed by atoms with Crippen LogP contribution in [0.4, 0.5) is 0 Å². The van der Waals surface area contributed by atoms with Gasteiger partial charge in [0.1, 0.15) is 5.25 Å². The van der Waals surface area contributed by atoms with E-state index in [1.807, 2.05) is 0 Å². The largest absolute Gasteiger partial charge is 0.293 e. The highest BCUT2D eigenvalue weighted by molar-refractivity contribution is 7.92. The average molecular weight is 315 g/mol. The summed E-state index contributed by atoms with van der Waals surface area (Å²) in [6, 6.07) is 6.45.